The zero-order valence-corrected chi connectivity index (χ0v) is 11.2. The minimum Gasteiger partial charge on any atom is -0.323 e. The molecule has 2 rings (SSSR count). The van der Waals surface area contributed by atoms with Crippen molar-refractivity contribution in [2.45, 2.75) is 14.4 Å². The quantitative estimate of drug-likeness (QED) is 0.675. The number of benzene rings is 2. The number of Topliss-reactive ketones (excluding diaryl/α,β-unsaturated/α-hetero) is 1. The molecule has 3 heteroatoms. The average molecular weight is 281 g/mol. The van der Waals surface area contributed by atoms with Crippen LogP contribution >= 0.6 is 0 Å². The molecule has 0 aliphatic rings. The number of carbonyl (C=O) groups is 2. The molecule has 0 unspecified atom stereocenters. The molecule has 0 aliphatic carbocycles. The van der Waals surface area contributed by atoms with Crippen LogP contribution in [0.15, 0.2) is 60.7 Å². The van der Waals surface area contributed by atoms with E-state index in [1.807, 2.05) is 30.3 Å². The van der Waals surface area contributed by atoms with Crippen molar-refractivity contribution in [2.75, 3.05) is 5.32 Å². The van der Waals surface area contributed by atoms with E-state index in [2.05, 4.69) is 5.32 Å². The SMILES string of the molecule is C.CC(=O)c1ccc(NC(=O)/C=C\c2ccccc2)cc1. The predicted molar refractivity (Wildman–Crippen MR) is 87.3 cm³/mol. The van der Waals surface area contributed by atoms with Crippen LogP contribution in [0.4, 0.5) is 5.69 Å². The molecule has 0 aliphatic heterocycles. The number of amides is 1. The molecule has 2 aromatic carbocycles. The summed E-state index contributed by atoms with van der Waals surface area (Å²) in [5.41, 5.74) is 2.26. The molecule has 0 aromatic heterocycles. The van der Waals surface area contributed by atoms with E-state index in [0.717, 1.165) is 5.56 Å². The van der Waals surface area contributed by atoms with E-state index < -0.39 is 0 Å². The minimum atomic E-state index is -0.204. The first kappa shape index (κ1) is 16.4. The molecule has 0 saturated heterocycles. The van der Waals surface area contributed by atoms with Crippen LogP contribution in [-0.2, 0) is 4.79 Å². The maximum atomic E-state index is 11.7. The molecule has 0 radical (unpaired) electrons. The summed E-state index contributed by atoms with van der Waals surface area (Å²) in [6, 6.07) is 16.4. The van der Waals surface area contributed by atoms with Crippen LogP contribution in [0.25, 0.3) is 6.08 Å². The Morgan fingerprint density at radius 3 is 2.14 bits per heavy atom. The summed E-state index contributed by atoms with van der Waals surface area (Å²) in [5, 5.41) is 2.74. The third-order valence-electron chi connectivity index (χ3n) is 2.79. The van der Waals surface area contributed by atoms with Gasteiger partial charge >= 0.3 is 0 Å². The minimum absolute atomic E-state index is 0. The van der Waals surface area contributed by atoms with Crippen LogP contribution in [0.2, 0.25) is 0 Å². The fourth-order valence-electron chi connectivity index (χ4n) is 1.71. The molecular weight excluding hydrogens is 262 g/mol. The lowest BCUT2D eigenvalue weighted by atomic mass is 10.1. The molecule has 0 spiro atoms. The van der Waals surface area contributed by atoms with Gasteiger partial charge in [-0.3, -0.25) is 9.59 Å². The summed E-state index contributed by atoms with van der Waals surface area (Å²) < 4.78 is 0. The molecule has 0 bridgehead atoms. The van der Waals surface area contributed by atoms with E-state index in [4.69, 9.17) is 0 Å². The lowest BCUT2D eigenvalue weighted by Gasteiger charge is -2.02. The van der Waals surface area contributed by atoms with Gasteiger partial charge in [-0.1, -0.05) is 37.8 Å². The second-order valence-electron chi connectivity index (χ2n) is 4.37. The Kier molecular flexibility index (Phi) is 6.08. The van der Waals surface area contributed by atoms with Crippen molar-refractivity contribution in [1.29, 1.82) is 0 Å². The summed E-state index contributed by atoms with van der Waals surface area (Å²) in [4.78, 5) is 22.9. The Morgan fingerprint density at radius 2 is 1.57 bits per heavy atom. The highest BCUT2D eigenvalue weighted by Crippen LogP contribution is 2.10. The number of nitrogens with one attached hydrogen (secondary N) is 1. The van der Waals surface area contributed by atoms with Crippen LogP contribution in [0, 0.1) is 0 Å². The van der Waals surface area contributed by atoms with Crippen molar-refractivity contribution in [2.24, 2.45) is 0 Å². The van der Waals surface area contributed by atoms with Crippen molar-refractivity contribution in [1.82, 2.24) is 0 Å². The maximum Gasteiger partial charge on any atom is 0.248 e. The topological polar surface area (TPSA) is 46.2 Å². The van der Waals surface area contributed by atoms with E-state index in [9.17, 15) is 9.59 Å². The van der Waals surface area contributed by atoms with E-state index in [1.165, 1.54) is 13.0 Å². The predicted octanol–water partition coefficient (Wildman–Crippen LogP) is 4.18. The zero-order chi connectivity index (χ0) is 14.4. The van der Waals surface area contributed by atoms with Gasteiger partial charge in [0, 0.05) is 17.3 Å². The first-order chi connectivity index (χ1) is 9.65. The van der Waals surface area contributed by atoms with Crippen LogP contribution < -0.4 is 5.32 Å². The molecule has 1 N–H and O–H groups in total. The van der Waals surface area contributed by atoms with Crippen molar-refractivity contribution in [3.05, 3.63) is 71.8 Å². The van der Waals surface area contributed by atoms with Gasteiger partial charge in [0.25, 0.3) is 0 Å². The highest BCUT2D eigenvalue weighted by molar-refractivity contribution is 6.02. The Morgan fingerprint density at radius 1 is 0.952 bits per heavy atom. The van der Waals surface area contributed by atoms with Gasteiger partial charge in [0.1, 0.15) is 0 Å². The van der Waals surface area contributed by atoms with Crippen molar-refractivity contribution >= 4 is 23.5 Å². The number of anilines is 1. The van der Waals surface area contributed by atoms with Crippen molar-refractivity contribution < 1.29 is 9.59 Å². The summed E-state index contributed by atoms with van der Waals surface area (Å²) in [6.07, 6.45) is 3.23. The number of hydrogen-bond donors (Lipinski definition) is 1. The van der Waals surface area contributed by atoms with Gasteiger partial charge in [0.05, 0.1) is 0 Å². The molecule has 0 heterocycles. The standard InChI is InChI=1S/C17H15NO2.CH4/c1-13(19)15-8-10-16(11-9-15)18-17(20)12-7-14-5-3-2-4-6-14;/h2-12H,1H3,(H,18,20);1H4/b12-7-;. The van der Waals surface area contributed by atoms with E-state index in [0.29, 0.717) is 11.3 Å². The van der Waals surface area contributed by atoms with E-state index >= 15 is 0 Å². The van der Waals surface area contributed by atoms with Crippen LogP contribution in [0.1, 0.15) is 30.3 Å². The average Bonchev–Trinajstić information content (AvgIpc) is 2.47. The van der Waals surface area contributed by atoms with Crippen molar-refractivity contribution in [3.8, 4) is 0 Å². The van der Waals surface area contributed by atoms with Crippen LogP contribution in [0.3, 0.4) is 0 Å². The Hall–Kier alpha value is -2.68. The number of hydrogen-bond acceptors (Lipinski definition) is 2. The summed E-state index contributed by atoms with van der Waals surface area (Å²) in [6.45, 7) is 1.51. The molecule has 2 aromatic rings. The van der Waals surface area contributed by atoms with E-state index in [1.54, 1.807) is 30.3 Å². The highest BCUT2D eigenvalue weighted by atomic mass is 16.1. The number of carbonyl (C=O) groups excluding carboxylic acids is 2. The molecule has 1 amide bonds. The summed E-state index contributed by atoms with van der Waals surface area (Å²) >= 11 is 0. The maximum absolute atomic E-state index is 11.7. The lowest BCUT2D eigenvalue weighted by molar-refractivity contribution is -0.111. The molecule has 0 atom stereocenters. The normalized spacial score (nSPS) is 9.95. The van der Waals surface area contributed by atoms with Gasteiger partial charge < -0.3 is 5.32 Å². The zero-order valence-electron chi connectivity index (χ0n) is 11.2. The van der Waals surface area contributed by atoms with Crippen molar-refractivity contribution in [3.63, 3.8) is 0 Å². The smallest absolute Gasteiger partial charge is 0.248 e. The first-order valence-corrected chi connectivity index (χ1v) is 6.30. The van der Waals surface area contributed by atoms with Gasteiger partial charge in [0.2, 0.25) is 5.91 Å². The monoisotopic (exact) mass is 281 g/mol. The fraction of sp³-hybridized carbons (Fsp3) is 0.111. The largest absolute Gasteiger partial charge is 0.323 e. The second-order valence-corrected chi connectivity index (χ2v) is 4.37. The summed E-state index contributed by atoms with van der Waals surface area (Å²) in [7, 11) is 0. The Labute approximate surface area is 125 Å². The van der Waals surface area contributed by atoms with Crippen LogP contribution in [0.5, 0.6) is 0 Å². The lowest BCUT2D eigenvalue weighted by Crippen LogP contribution is -2.07. The first-order valence-electron chi connectivity index (χ1n) is 6.30. The summed E-state index contributed by atoms with van der Waals surface area (Å²) in [5.74, 6) is -0.198. The van der Waals surface area contributed by atoms with Gasteiger partial charge in [0.15, 0.2) is 5.78 Å². The molecule has 3 nitrogen and oxygen atoms in total. The van der Waals surface area contributed by atoms with Gasteiger partial charge in [-0.2, -0.15) is 0 Å². The second kappa shape index (κ2) is 7.80. The van der Waals surface area contributed by atoms with Gasteiger partial charge in [-0.25, -0.2) is 0 Å². The molecule has 0 saturated carbocycles. The highest BCUT2D eigenvalue weighted by Gasteiger charge is 2.00. The molecule has 21 heavy (non-hydrogen) atoms. The fourth-order valence-corrected chi connectivity index (χ4v) is 1.71. The third-order valence-corrected chi connectivity index (χ3v) is 2.79. The van der Waals surface area contributed by atoms with Gasteiger partial charge in [-0.15, -0.1) is 0 Å². The Bertz CT molecular complexity index is 628. The Balaban J connectivity index is 0.00000220. The van der Waals surface area contributed by atoms with Gasteiger partial charge in [-0.05, 0) is 42.8 Å². The number of ketones is 1. The van der Waals surface area contributed by atoms with Crippen LogP contribution in [-0.4, -0.2) is 11.7 Å². The third kappa shape index (κ3) is 5.07. The molecular formula is C18H19NO2. The molecule has 108 valence electrons. The molecule has 0 fully saturated rings. The van der Waals surface area contributed by atoms with E-state index in [-0.39, 0.29) is 19.1 Å². The number of rotatable bonds is 4.